The van der Waals surface area contributed by atoms with Crippen LogP contribution in [0.25, 0.3) is 0 Å². The summed E-state index contributed by atoms with van der Waals surface area (Å²) < 4.78 is 22.6. The van der Waals surface area contributed by atoms with Crippen molar-refractivity contribution in [2.75, 3.05) is 13.2 Å². The van der Waals surface area contributed by atoms with Gasteiger partial charge in [0.1, 0.15) is 48.8 Å². The van der Waals surface area contributed by atoms with Gasteiger partial charge in [0.25, 0.3) is 0 Å². The van der Waals surface area contributed by atoms with Gasteiger partial charge in [0.2, 0.25) is 0 Å². The number of hydrogen-bond acceptors (Lipinski definition) is 12. The molecule has 0 radical (unpaired) electrons. The molecule has 8 N–H and O–H groups in total. The molecule has 2 fully saturated rings. The van der Waals surface area contributed by atoms with Gasteiger partial charge < -0.3 is 59.8 Å². The number of aliphatic hydroxyl groups is 8. The van der Waals surface area contributed by atoms with Crippen molar-refractivity contribution in [2.45, 2.75) is 114 Å². The Hall–Kier alpha value is -1.00. The first-order valence-electron chi connectivity index (χ1n) is 12.6. The first kappa shape index (κ1) is 30.5. The van der Waals surface area contributed by atoms with Crippen LogP contribution in [0, 0.1) is 5.41 Å². The Labute approximate surface area is 216 Å². The van der Waals surface area contributed by atoms with Gasteiger partial charge in [-0.2, -0.15) is 0 Å². The lowest BCUT2D eigenvalue weighted by atomic mass is 9.71. The Morgan fingerprint density at radius 1 is 0.919 bits per heavy atom. The van der Waals surface area contributed by atoms with Gasteiger partial charge in [-0.05, 0) is 37.7 Å². The van der Waals surface area contributed by atoms with Crippen molar-refractivity contribution >= 4 is 0 Å². The van der Waals surface area contributed by atoms with Crippen molar-refractivity contribution in [3.63, 3.8) is 0 Å². The highest BCUT2D eigenvalue weighted by molar-refractivity contribution is 5.34. The molecule has 12 heteroatoms. The van der Waals surface area contributed by atoms with E-state index in [0.717, 1.165) is 11.1 Å². The minimum atomic E-state index is -1.64. The maximum Gasteiger partial charge on any atom is 0.186 e. The van der Waals surface area contributed by atoms with Gasteiger partial charge in [0.15, 0.2) is 12.6 Å². The predicted molar refractivity (Wildman–Crippen MR) is 128 cm³/mol. The third kappa shape index (κ3) is 6.96. The van der Waals surface area contributed by atoms with E-state index in [1.165, 1.54) is 0 Å². The van der Waals surface area contributed by atoms with Crippen LogP contribution in [0.3, 0.4) is 0 Å². The second-order valence-corrected chi connectivity index (χ2v) is 10.9. The zero-order valence-electron chi connectivity index (χ0n) is 21.6. The van der Waals surface area contributed by atoms with Gasteiger partial charge in [-0.15, -0.1) is 0 Å². The number of ether oxygens (including phenoxy) is 4. The summed E-state index contributed by atoms with van der Waals surface area (Å²) in [5, 5.41) is 80.4. The Balaban J connectivity index is 1.66. The number of aliphatic hydroxyl groups excluding tert-OH is 8. The molecular formula is C25H42O12. The third-order valence-corrected chi connectivity index (χ3v) is 7.27. The van der Waals surface area contributed by atoms with E-state index in [1.807, 2.05) is 26.8 Å². The quantitative estimate of drug-likeness (QED) is 0.172. The molecule has 1 aliphatic carbocycles. The molecule has 2 aliphatic heterocycles. The second-order valence-electron chi connectivity index (χ2n) is 10.9. The van der Waals surface area contributed by atoms with E-state index < -0.39 is 80.7 Å². The molecule has 0 amide bonds. The van der Waals surface area contributed by atoms with E-state index in [1.54, 1.807) is 13.0 Å². The average molecular weight is 535 g/mol. The molecule has 0 bridgehead atoms. The molecule has 214 valence electrons. The number of rotatable bonds is 8. The van der Waals surface area contributed by atoms with E-state index in [0.29, 0.717) is 12.8 Å². The molecule has 0 aromatic rings. The zero-order chi connectivity index (χ0) is 27.7. The largest absolute Gasteiger partial charge is 0.394 e. The first-order chi connectivity index (χ1) is 17.3. The molecule has 0 aromatic heterocycles. The summed E-state index contributed by atoms with van der Waals surface area (Å²) in [4.78, 5) is 0. The maximum absolute atomic E-state index is 10.5. The fourth-order valence-electron chi connectivity index (χ4n) is 5.23. The number of allylic oxidation sites excluding steroid dienone is 2. The third-order valence-electron chi connectivity index (χ3n) is 7.27. The molecule has 12 unspecified atom stereocenters. The summed E-state index contributed by atoms with van der Waals surface area (Å²) in [6.07, 6.45) is -10.8. The van der Waals surface area contributed by atoms with E-state index in [9.17, 15) is 40.9 Å². The van der Waals surface area contributed by atoms with Crippen LogP contribution < -0.4 is 0 Å². The highest BCUT2D eigenvalue weighted by atomic mass is 16.7. The van der Waals surface area contributed by atoms with Gasteiger partial charge in [0, 0.05) is 0 Å². The van der Waals surface area contributed by atoms with Gasteiger partial charge in [-0.1, -0.05) is 31.6 Å². The highest BCUT2D eigenvalue weighted by Gasteiger charge is 2.48. The van der Waals surface area contributed by atoms with Crippen LogP contribution in [0.4, 0.5) is 0 Å². The second kappa shape index (κ2) is 12.5. The molecule has 0 aromatic carbocycles. The van der Waals surface area contributed by atoms with Gasteiger partial charge in [-0.25, -0.2) is 0 Å². The van der Waals surface area contributed by atoms with Crippen LogP contribution in [0.1, 0.15) is 40.5 Å². The molecule has 12 nitrogen and oxygen atoms in total. The Kier molecular flexibility index (Phi) is 10.3. The number of hydrogen-bond donors (Lipinski definition) is 8. The SMILES string of the molecule is CC1=C(/C=C/C(C)O)C(C)(C)CC(OC2OC(COC3OC(CO)C(O)C(O)C3O)C(O)C(O)C2O)C1. The van der Waals surface area contributed by atoms with E-state index in [-0.39, 0.29) is 11.5 Å². The molecule has 3 rings (SSSR count). The lowest BCUT2D eigenvalue weighted by Crippen LogP contribution is -2.62. The Bertz CT molecular complexity index is 811. The summed E-state index contributed by atoms with van der Waals surface area (Å²) >= 11 is 0. The fourth-order valence-corrected chi connectivity index (χ4v) is 5.23. The average Bonchev–Trinajstić information content (AvgIpc) is 2.82. The topological polar surface area (TPSA) is 199 Å². The van der Waals surface area contributed by atoms with Gasteiger partial charge in [-0.3, -0.25) is 0 Å². The van der Waals surface area contributed by atoms with Crippen molar-refractivity contribution < 1.29 is 59.8 Å². The molecule has 0 saturated carbocycles. The highest BCUT2D eigenvalue weighted by Crippen LogP contribution is 2.43. The minimum absolute atomic E-state index is 0.304. The van der Waals surface area contributed by atoms with Crippen molar-refractivity contribution in [3.05, 3.63) is 23.3 Å². The van der Waals surface area contributed by atoms with Crippen LogP contribution in [0.2, 0.25) is 0 Å². The fraction of sp³-hybridized carbons (Fsp3) is 0.840. The summed E-state index contributed by atoms with van der Waals surface area (Å²) in [5.74, 6) is 0. The summed E-state index contributed by atoms with van der Waals surface area (Å²) in [6.45, 7) is 6.68. The molecule has 3 aliphatic rings. The van der Waals surface area contributed by atoms with Crippen LogP contribution >= 0.6 is 0 Å². The lowest BCUT2D eigenvalue weighted by molar-refractivity contribution is -0.336. The monoisotopic (exact) mass is 534 g/mol. The molecule has 12 atom stereocenters. The van der Waals surface area contributed by atoms with Gasteiger partial charge >= 0.3 is 0 Å². The molecule has 0 spiro atoms. The summed E-state index contributed by atoms with van der Waals surface area (Å²) in [6, 6.07) is 0. The first-order valence-corrected chi connectivity index (χ1v) is 12.6. The summed E-state index contributed by atoms with van der Waals surface area (Å²) in [5.41, 5.74) is 1.83. The van der Waals surface area contributed by atoms with Crippen LogP contribution in [-0.4, -0.2) is 128 Å². The van der Waals surface area contributed by atoms with E-state index in [4.69, 9.17) is 18.9 Å². The van der Waals surface area contributed by atoms with Crippen LogP contribution in [0.15, 0.2) is 23.3 Å². The van der Waals surface area contributed by atoms with Gasteiger partial charge in [0.05, 0.1) is 25.4 Å². The van der Waals surface area contributed by atoms with Crippen molar-refractivity contribution in [1.82, 2.24) is 0 Å². The van der Waals surface area contributed by atoms with Crippen LogP contribution in [0.5, 0.6) is 0 Å². The van der Waals surface area contributed by atoms with Crippen molar-refractivity contribution in [1.29, 1.82) is 0 Å². The smallest absolute Gasteiger partial charge is 0.186 e. The molecule has 2 heterocycles. The van der Waals surface area contributed by atoms with E-state index in [2.05, 4.69) is 0 Å². The molecule has 37 heavy (non-hydrogen) atoms. The maximum atomic E-state index is 10.5. The predicted octanol–water partition coefficient (Wildman–Crippen LogP) is -1.93. The lowest BCUT2D eigenvalue weighted by Gasteiger charge is -2.44. The molecule has 2 saturated heterocycles. The minimum Gasteiger partial charge on any atom is -0.394 e. The van der Waals surface area contributed by atoms with Crippen LogP contribution in [-0.2, 0) is 18.9 Å². The molecular weight excluding hydrogens is 492 g/mol. The normalized spacial score (nSPS) is 43.8. The van der Waals surface area contributed by atoms with Crippen molar-refractivity contribution in [3.8, 4) is 0 Å². The zero-order valence-corrected chi connectivity index (χ0v) is 21.6. The van der Waals surface area contributed by atoms with Crippen molar-refractivity contribution in [2.24, 2.45) is 5.41 Å². The summed E-state index contributed by atoms with van der Waals surface area (Å²) in [7, 11) is 0. The standard InChI is InChI=1S/C25H42O12/c1-11-7-13(8-25(3,4)14(11)6-5-12(2)27)35-24-22(33)20(31)18(29)16(37-24)10-34-23-21(32)19(30)17(28)15(9-26)36-23/h5-6,12-13,15-24,26-33H,7-10H2,1-4H3/b6-5+. The Morgan fingerprint density at radius 2 is 1.49 bits per heavy atom. The van der Waals surface area contributed by atoms with E-state index >= 15 is 0 Å². The Morgan fingerprint density at radius 3 is 2.05 bits per heavy atom.